The Morgan fingerprint density at radius 3 is 2.24 bits per heavy atom. The van der Waals surface area contributed by atoms with Crippen LogP contribution in [0.1, 0.15) is 18.1 Å². The van der Waals surface area contributed by atoms with E-state index in [0.717, 1.165) is 11.1 Å². The van der Waals surface area contributed by atoms with Gasteiger partial charge < -0.3 is 20.1 Å². The predicted molar refractivity (Wildman–Crippen MR) is 78.5 cm³/mol. The average molecular weight is 294 g/mol. The standard InChI is InChI=1S/C15H22N2O4/c1-11(18)17-14(10-21-3)15(19)16-8-12-4-6-13(7-5-12)9-20-2/h4-7,14H,8-10H2,1-3H3,(H,16,19)(H,17,18)/t14-/m1/s1. The van der Waals surface area contributed by atoms with Crippen LogP contribution in [0.3, 0.4) is 0 Å². The Balaban J connectivity index is 2.51. The first-order valence-corrected chi connectivity index (χ1v) is 6.67. The van der Waals surface area contributed by atoms with Gasteiger partial charge >= 0.3 is 0 Å². The van der Waals surface area contributed by atoms with Crippen molar-refractivity contribution in [2.45, 2.75) is 26.1 Å². The van der Waals surface area contributed by atoms with Gasteiger partial charge in [0.2, 0.25) is 11.8 Å². The summed E-state index contributed by atoms with van der Waals surface area (Å²) in [4.78, 5) is 23.0. The van der Waals surface area contributed by atoms with Gasteiger partial charge in [0.1, 0.15) is 6.04 Å². The second kappa shape index (κ2) is 9.10. The first-order chi connectivity index (χ1) is 10.1. The minimum Gasteiger partial charge on any atom is -0.382 e. The number of rotatable bonds is 8. The van der Waals surface area contributed by atoms with E-state index >= 15 is 0 Å². The zero-order chi connectivity index (χ0) is 15.7. The molecule has 1 aromatic carbocycles. The summed E-state index contributed by atoms with van der Waals surface area (Å²) in [5, 5.41) is 5.33. The molecule has 2 N–H and O–H groups in total. The van der Waals surface area contributed by atoms with E-state index in [2.05, 4.69) is 10.6 Å². The highest BCUT2D eigenvalue weighted by molar-refractivity contribution is 5.86. The maximum Gasteiger partial charge on any atom is 0.245 e. The Hall–Kier alpha value is -1.92. The summed E-state index contributed by atoms with van der Waals surface area (Å²) in [5.74, 6) is -0.538. The van der Waals surface area contributed by atoms with Crippen molar-refractivity contribution < 1.29 is 19.1 Å². The molecule has 0 saturated heterocycles. The highest BCUT2D eigenvalue weighted by Gasteiger charge is 2.18. The van der Waals surface area contributed by atoms with Crippen LogP contribution in [-0.2, 0) is 32.2 Å². The fraction of sp³-hybridized carbons (Fsp3) is 0.467. The molecule has 1 aromatic rings. The molecule has 0 aliphatic heterocycles. The maximum absolute atomic E-state index is 12.0. The van der Waals surface area contributed by atoms with Crippen molar-refractivity contribution in [2.24, 2.45) is 0 Å². The molecular formula is C15H22N2O4. The van der Waals surface area contributed by atoms with Crippen LogP contribution >= 0.6 is 0 Å². The van der Waals surface area contributed by atoms with E-state index in [1.165, 1.54) is 14.0 Å². The van der Waals surface area contributed by atoms with Gasteiger partial charge in [-0.2, -0.15) is 0 Å². The lowest BCUT2D eigenvalue weighted by atomic mass is 10.1. The summed E-state index contributed by atoms with van der Waals surface area (Å²) in [6, 6.07) is 7.08. The predicted octanol–water partition coefficient (Wildman–Crippen LogP) is 0.600. The maximum atomic E-state index is 12.0. The zero-order valence-electron chi connectivity index (χ0n) is 12.6. The molecule has 0 aromatic heterocycles. The molecule has 6 heteroatoms. The molecule has 0 bridgehead atoms. The van der Waals surface area contributed by atoms with Crippen LogP contribution in [0.2, 0.25) is 0 Å². The van der Waals surface area contributed by atoms with Gasteiger partial charge in [-0.3, -0.25) is 9.59 Å². The first kappa shape index (κ1) is 17.1. The van der Waals surface area contributed by atoms with Gasteiger partial charge in [-0.15, -0.1) is 0 Å². The van der Waals surface area contributed by atoms with Crippen LogP contribution in [0.15, 0.2) is 24.3 Å². The molecule has 2 amide bonds. The third kappa shape index (κ3) is 6.37. The number of hydrogen-bond acceptors (Lipinski definition) is 4. The lowest BCUT2D eigenvalue weighted by Gasteiger charge is -2.16. The van der Waals surface area contributed by atoms with Crippen molar-refractivity contribution in [2.75, 3.05) is 20.8 Å². The molecule has 1 atom stereocenters. The summed E-state index contributed by atoms with van der Waals surface area (Å²) in [7, 11) is 3.13. The number of benzene rings is 1. The minimum absolute atomic E-state index is 0.137. The molecule has 0 unspecified atom stereocenters. The van der Waals surface area contributed by atoms with Crippen molar-refractivity contribution in [1.29, 1.82) is 0 Å². The molecule has 0 aliphatic rings. The highest BCUT2D eigenvalue weighted by atomic mass is 16.5. The molecule has 0 heterocycles. The fourth-order valence-electron chi connectivity index (χ4n) is 1.83. The number of carbonyl (C=O) groups excluding carboxylic acids is 2. The normalized spacial score (nSPS) is 11.8. The van der Waals surface area contributed by atoms with E-state index in [4.69, 9.17) is 9.47 Å². The fourth-order valence-corrected chi connectivity index (χ4v) is 1.83. The average Bonchev–Trinajstić information content (AvgIpc) is 2.45. The molecule has 6 nitrogen and oxygen atoms in total. The third-order valence-corrected chi connectivity index (χ3v) is 2.83. The van der Waals surface area contributed by atoms with Gasteiger partial charge in [-0.25, -0.2) is 0 Å². The molecule has 0 spiro atoms. The van der Waals surface area contributed by atoms with E-state index in [1.807, 2.05) is 24.3 Å². The zero-order valence-corrected chi connectivity index (χ0v) is 12.6. The number of carbonyl (C=O) groups is 2. The smallest absolute Gasteiger partial charge is 0.245 e. The van der Waals surface area contributed by atoms with Crippen LogP contribution in [0.25, 0.3) is 0 Å². The Kier molecular flexibility index (Phi) is 7.42. The van der Waals surface area contributed by atoms with E-state index in [1.54, 1.807) is 7.11 Å². The lowest BCUT2D eigenvalue weighted by molar-refractivity contribution is -0.129. The second-order valence-corrected chi connectivity index (χ2v) is 4.68. The molecular weight excluding hydrogens is 272 g/mol. The molecule has 0 aliphatic carbocycles. The molecule has 0 fully saturated rings. The van der Waals surface area contributed by atoms with Crippen molar-refractivity contribution in [3.63, 3.8) is 0 Å². The summed E-state index contributed by atoms with van der Waals surface area (Å²) in [5.41, 5.74) is 2.05. The van der Waals surface area contributed by atoms with Crippen LogP contribution in [0, 0.1) is 0 Å². The molecule has 21 heavy (non-hydrogen) atoms. The lowest BCUT2D eigenvalue weighted by Crippen LogP contribution is -2.48. The number of hydrogen-bond donors (Lipinski definition) is 2. The van der Waals surface area contributed by atoms with Gasteiger partial charge in [-0.05, 0) is 11.1 Å². The van der Waals surface area contributed by atoms with Crippen molar-refractivity contribution in [3.05, 3.63) is 35.4 Å². The number of nitrogens with one attached hydrogen (secondary N) is 2. The monoisotopic (exact) mass is 294 g/mol. The Morgan fingerprint density at radius 1 is 1.10 bits per heavy atom. The van der Waals surface area contributed by atoms with Crippen molar-refractivity contribution in [1.82, 2.24) is 10.6 Å². The largest absolute Gasteiger partial charge is 0.382 e. The van der Waals surface area contributed by atoms with E-state index in [-0.39, 0.29) is 18.4 Å². The molecule has 0 saturated carbocycles. The Bertz CT molecular complexity index is 459. The third-order valence-electron chi connectivity index (χ3n) is 2.83. The van der Waals surface area contributed by atoms with Crippen LogP contribution in [0.4, 0.5) is 0 Å². The number of methoxy groups -OCH3 is 2. The van der Waals surface area contributed by atoms with Gasteiger partial charge in [0, 0.05) is 27.7 Å². The quantitative estimate of drug-likeness (QED) is 0.736. The molecule has 1 rings (SSSR count). The van der Waals surface area contributed by atoms with E-state index in [0.29, 0.717) is 13.2 Å². The first-order valence-electron chi connectivity index (χ1n) is 6.67. The highest BCUT2D eigenvalue weighted by Crippen LogP contribution is 2.05. The van der Waals surface area contributed by atoms with Crippen LogP contribution < -0.4 is 10.6 Å². The second-order valence-electron chi connectivity index (χ2n) is 4.68. The van der Waals surface area contributed by atoms with Gasteiger partial charge in [0.05, 0.1) is 13.2 Å². The molecule has 0 radical (unpaired) electrons. The summed E-state index contributed by atoms with van der Waals surface area (Å²) in [6.45, 7) is 2.46. The SMILES string of the molecule is COCc1ccc(CNC(=O)[C@@H](COC)NC(C)=O)cc1. The van der Waals surface area contributed by atoms with Gasteiger partial charge in [0.25, 0.3) is 0 Å². The topological polar surface area (TPSA) is 76.7 Å². The van der Waals surface area contributed by atoms with Crippen LogP contribution in [-0.4, -0.2) is 38.7 Å². The van der Waals surface area contributed by atoms with E-state index in [9.17, 15) is 9.59 Å². The Morgan fingerprint density at radius 2 is 1.71 bits per heavy atom. The van der Waals surface area contributed by atoms with Crippen molar-refractivity contribution in [3.8, 4) is 0 Å². The summed E-state index contributed by atoms with van der Waals surface area (Å²) < 4.78 is 9.97. The Labute approximate surface area is 124 Å². The minimum atomic E-state index is -0.680. The van der Waals surface area contributed by atoms with Gasteiger partial charge in [-0.1, -0.05) is 24.3 Å². The number of ether oxygens (including phenoxy) is 2. The number of amides is 2. The summed E-state index contributed by atoms with van der Waals surface area (Å²) >= 11 is 0. The van der Waals surface area contributed by atoms with E-state index < -0.39 is 6.04 Å². The van der Waals surface area contributed by atoms with Crippen LogP contribution in [0.5, 0.6) is 0 Å². The van der Waals surface area contributed by atoms with Crippen molar-refractivity contribution >= 4 is 11.8 Å². The van der Waals surface area contributed by atoms with Gasteiger partial charge in [0.15, 0.2) is 0 Å². The molecule has 116 valence electrons. The summed E-state index contributed by atoms with van der Waals surface area (Å²) in [6.07, 6.45) is 0.